The van der Waals surface area contributed by atoms with Gasteiger partial charge in [-0.1, -0.05) is 29.8 Å². The van der Waals surface area contributed by atoms with Gasteiger partial charge in [0.1, 0.15) is 11.3 Å². The van der Waals surface area contributed by atoms with Crippen molar-refractivity contribution in [2.75, 3.05) is 30.8 Å². The minimum Gasteiger partial charge on any atom is -0.455 e. The molecule has 176 valence electrons. The van der Waals surface area contributed by atoms with Crippen LogP contribution in [0.25, 0.3) is 22.3 Å². The molecule has 0 spiro atoms. The molecule has 0 bridgehead atoms. The summed E-state index contributed by atoms with van der Waals surface area (Å²) in [6.45, 7) is 3.36. The molecule has 3 aromatic rings. The van der Waals surface area contributed by atoms with Gasteiger partial charge in [-0.3, -0.25) is 13.9 Å². The summed E-state index contributed by atoms with van der Waals surface area (Å²) in [6, 6.07) is 10.8. The maximum atomic E-state index is 13.0. The van der Waals surface area contributed by atoms with Crippen LogP contribution in [0.5, 0.6) is 0 Å². The number of sulfonamides is 1. The number of carbonyl (C=O) groups excluding carboxylic acids is 1. The van der Waals surface area contributed by atoms with E-state index in [0.29, 0.717) is 33.5 Å². The lowest BCUT2D eigenvalue weighted by atomic mass is 10.0. The summed E-state index contributed by atoms with van der Waals surface area (Å²) in [5.41, 5.74) is 5.64. The molecule has 2 N–H and O–H groups in total. The zero-order valence-corrected chi connectivity index (χ0v) is 19.6. The highest BCUT2D eigenvalue weighted by molar-refractivity contribution is 7.92. The van der Waals surface area contributed by atoms with Crippen LogP contribution in [0.1, 0.15) is 34.5 Å². The molecule has 1 aliphatic rings. The van der Waals surface area contributed by atoms with Crippen molar-refractivity contribution in [1.29, 1.82) is 0 Å². The van der Waals surface area contributed by atoms with E-state index in [4.69, 9.17) is 14.0 Å². The molecule has 2 atom stereocenters. The van der Waals surface area contributed by atoms with E-state index in [1.165, 1.54) is 11.4 Å². The number of nitrogens with one attached hydrogen (secondary N) is 1. The second-order valence-electron chi connectivity index (χ2n) is 8.09. The van der Waals surface area contributed by atoms with E-state index in [2.05, 4.69) is 5.48 Å². The van der Waals surface area contributed by atoms with Crippen molar-refractivity contribution < 1.29 is 32.3 Å². The Hall–Kier alpha value is -2.92. The molecule has 10 heteroatoms. The number of rotatable bonds is 5. The molecule has 0 unspecified atom stereocenters. The fourth-order valence-corrected chi connectivity index (χ4v) is 5.02. The summed E-state index contributed by atoms with van der Waals surface area (Å²) in [7, 11) is -2.34. The number of hydrogen-bond acceptors (Lipinski definition) is 7. The smallest absolute Gasteiger partial charge is 0.279 e. The monoisotopic (exact) mass is 474 g/mol. The van der Waals surface area contributed by atoms with Gasteiger partial charge < -0.3 is 14.3 Å². The number of aliphatic hydroxyl groups excluding tert-OH is 1. The van der Waals surface area contributed by atoms with Crippen molar-refractivity contribution in [1.82, 2.24) is 5.48 Å². The number of amides is 1. The summed E-state index contributed by atoms with van der Waals surface area (Å²) in [5, 5.41) is 10.2. The van der Waals surface area contributed by atoms with E-state index in [9.17, 15) is 18.3 Å². The molecular formula is C23H26N2O7S. The molecule has 1 amide bonds. The Morgan fingerprint density at radius 3 is 2.58 bits per heavy atom. The molecule has 1 aliphatic heterocycles. The SMILES string of the molecule is CONC(=O)c1c(-c2ccc(C)cc2)oc2cc3c(cc12)[C@H](C)O[C@H](CO)CN3S(C)(=O)=O. The van der Waals surface area contributed by atoms with Gasteiger partial charge in [-0.05, 0) is 19.9 Å². The first-order valence-corrected chi connectivity index (χ1v) is 12.2. The van der Waals surface area contributed by atoms with E-state index in [-0.39, 0.29) is 18.7 Å². The Labute approximate surface area is 191 Å². The number of anilines is 1. The van der Waals surface area contributed by atoms with Crippen molar-refractivity contribution in [2.24, 2.45) is 0 Å². The normalized spacial score (nSPS) is 18.8. The number of nitrogens with zero attached hydrogens (tertiary/aromatic N) is 1. The maximum absolute atomic E-state index is 13.0. The van der Waals surface area contributed by atoms with E-state index < -0.39 is 28.1 Å². The van der Waals surface area contributed by atoms with Crippen LogP contribution >= 0.6 is 0 Å². The van der Waals surface area contributed by atoms with Gasteiger partial charge in [0.25, 0.3) is 5.91 Å². The predicted molar refractivity (Wildman–Crippen MR) is 123 cm³/mol. The van der Waals surface area contributed by atoms with Crippen molar-refractivity contribution in [3.63, 3.8) is 0 Å². The van der Waals surface area contributed by atoms with Gasteiger partial charge in [-0.25, -0.2) is 13.9 Å². The average molecular weight is 475 g/mol. The largest absolute Gasteiger partial charge is 0.455 e. The van der Waals surface area contributed by atoms with Crippen LogP contribution in [-0.4, -0.2) is 52.1 Å². The first-order valence-electron chi connectivity index (χ1n) is 10.4. The third-order valence-electron chi connectivity index (χ3n) is 5.65. The summed E-state index contributed by atoms with van der Waals surface area (Å²) in [4.78, 5) is 17.8. The second kappa shape index (κ2) is 8.79. The first-order chi connectivity index (χ1) is 15.6. The summed E-state index contributed by atoms with van der Waals surface area (Å²) >= 11 is 0. The standard InChI is InChI=1S/C23H26N2O7S/c1-13-5-7-15(8-6-13)22-21(23(27)24-30-3)18-9-17-14(2)31-16(12-26)11-25(33(4,28)29)19(17)10-20(18)32-22/h5-10,14,16,26H,11-12H2,1-4H3,(H,24,27)/t14-,16-/m0/s1. The third kappa shape index (κ3) is 4.34. The Balaban J connectivity index is 2.00. The highest BCUT2D eigenvalue weighted by atomic mass is 32.2. The zero-order chi connectivity index (χ0) is 23.9. The molecule has 9 nitrogen and oxygen atoms in total. The van der Waals surface area contributed by atoms with Gasteiger partial charge in [0.05, 0.1) is 50.0 Å². The van der Waals surface area contributed by atoms with E-state index in [1.54, 1.807) is 19.1 Å². The average Bonchev–Trinajstić information content (AvgIpc) is 3.06. The lowest BCUT2D eigenvalue weighted by Crippen LogP contribution is -2.38. The quantitative estimate of drug-likeness (QED) is 0.546. The van der Waals surface area contributed by atoms with Crippen LogP contribution in [0.3, 0.4) is 0 Å². The van der Waals surface area contributed by atoms with E-state index in [0.717, 1.165) is 11.8 Å². The molecule has 2 aromatic carbocycles. The molecule has 4 rings (SSSR count). The minimum atomic E-state index is -3.68. The van der Waals surface area contributed by atoms with Gasteiger partial charge in [-0.15, -0.1) is 0 Å². The number of hydroxylamine groups is 1. The van der Waals surface area contributed by atoms with Gasteiger partial charge in [0.15, 0.2) is 0 Å². The topological polar surface area (TPSA) is 118 Å². The van der Waals surface area contributed by atoms with Crippen LogP contribution in [-0.2, 0) is 19.6 Å². The van der Waals surface area contributed by atoms with Gasteiger partial charge in [-0.2, -0.15) is 0 Å². The summed E-state index contributed by atoms with van der Waals surface area (Å²) < 4.78 is 38.4. The van der Waals surface area contributed by atoms with Gasteiger partial charge >= 0.3 is 0 Å². The molecule has 0 saturated heterocycles. The molecule has 0 aliphatic carbocycles. The van der Waals surface area contributed by atoms with Crippen LogP contribution < -0.4 is 9.79 Å². The number of benzene rings is 2. The molecule has 33 heavy (non-hydrogen) atoms. The Morgan fingerprint density at radius 2 is 1.97 bits per heavy atom. The second-order valence-corrected chi connectivity index (χ2v) is 10.00. The zero-order valence-electron chi connectivity index (χ0n) is 18.8. The van der Waals surface area contributed by atoms with Crippen LogP contribution in [0.4, 0.5) is 5.69 Å². The molecule has 0 saturated carbocycles. The van der Waals surface area contributed by atoms with Crippen molar-refractivity contribution in [3.05, 3.63) is 53.1 Å². The number of hydrogen-bond donors (Lipinski definition) is 2. The number of furan rings is 1. The number of carbonyl (C=O) groups is 1. The highest BCUT2D eigenvalue weighted by Gasteiger charge is 2.33. The number of ether oxygens (including phenoxy) is 1. The lowest BCUT2D eigenvalue weighted by molar-refractivity contribution is -0.0227. The molecular weight excluding hydrogens is 448 g/mol. The number of aliphatic hydroxyl groups is 1. The number of aryl methyl sites for hydroxylation is 1. The molecule has 0 radical (unpaired) electrons. The molecule has 2 heterocycles. The molecule has 0 fully saturated rings. The first kappa shape index (κ1) is 23.2. The van der Waals surface area contributed by atoms with Gasteiger partial charge in [0.2, 0.25) is 10.0 Å². The minimum absolute atomic E-state index is 0.0409. The maximum Gasteiger partial charge on any atom is 0.279 e. The van der Waals surface area contributed by atoms with Crippen LogP contribution in [0.2, 0.25) is 0 Å². The van der Waals surface area contributed by atoms with Crippen molar-refractivity contribution in [2.45, 2.75) is 26.1 Å². The summed E-state index contributed by atoms with van der Waals surface area (Å²) in [6.07, 6.45) is -0.139. The third-order valence-corrected chi connectivity index (χ3v) is 6.80. The fourth-order valence-electron chi connectivity index (χ4n) is 4.07. The van der Waals surface area contributed by atoms with Crippen molar-refractivity contribution in [3.8, 4) is 11.3 Å². The number of fused-ring (bicyclic) bond motifs is 2. The predicted octanol–water partition coefficient (Wildman–Crippen LogP) is 2.92. The van der Waals surface area contributed by atoms with Crippen LogP contribution in [0.15, 0.2) is 40.8 Å². The summed E-state index contributed by atoms with van der Waals surface area (Å²) in [5.74, 6) is -0.158. The van der Waals surface area contributed by atoms with E-state index >= 15 is 0 Å². The van der Waals surface area contributed by atoms with Crippen LogP contribution in [0, 0.1) is 6.92 Å². The Kier molecular flexibility index (Phi) is 6.19. The lowest BCUT2D eigenvalue weighted by Gasteiger charge is -2.24. The molecule has 1 aromatic heterocycles. The van der Waals surface area contributed by atoms with Gasteiger partial charge in [0, 0.05) is 22.6 Å². The fraction of sp³-hybridized carbons (Fsp3) is 0.348. The highest BCUT2D eigenvalue weighted by Crippen LogP contribution is 2.42. The Morgan fingerprint density at radius 1 is 1.27 bits per heavy atom. The van der Waals surface area contributed by atoms with Crippen molar-refractivity contribution >= 4 is 32.6 Å². The van der Waals surface area contributed by atoms with E-state index in [1.807, 2.05) is 31.2 Å². The Bertz CT molecular complexity index is 1300.